The molecule has 1 unspecified atom stereocenters. The number of amides is 2. The number of rotatable bonds is 11. The fourth-order valence-corrected chi connectivity index (χ4v) is 4.02. The summed E-state index contributed by atoms with van der Waals surface area (Å²) in [6.45, 7) is 5.71. The number of carbonyl (C=O) groups excluding carboxylic acids is 2. The molecule has 0 radical (unpaired) electrons. The van der Waals surface area contributed by atoms with Gasteiger partial charge >= 0.3 is 13.2 Å². The second kappa shape index (κ2) is 12.0. The normalized spacial score (nSPS) is 15.2. The van der Waals surface area contributed by atoms with Crippen molar-refractivity contribution >= 4 is 36.0 Å². The standard InChI is InChI=1S/C24H30BF2N3O5/c1-3-9-29(10-4-2)22-8-6-17(13-21(22)27)30-15-18(35-24(30)32)14-28-23(31)12-16-5-7-19(25(33)34)20(26)11-16/h5-8,11,13,18,33-34H,3-4,9-10,12,14-15H2,1-2H3,(H,28,31). The van der Waals surface area contributed by atoms with Crippen LogP contribution in [0.5, 0.6) is 0 Å². The molecular formula is C24H30BF2N3O5. The third-order valence-electron chi connectivity index (χ3n) is 5.68. The van der Waals surface area contributed by atoms with Gasteiger partial charge in [-0.2, -0.15) is 0 Å². The van der Waals surface area contributed by atoms with Crippen molar-refractivity contribution in [2.24, 2.45) is 0 Å². The summed E-state index contributed by atoms with van der Waals surface area (Å²) < 4.78 is 34.0. The molecule has 0 saturated carbocycles. The number of hydrogen-bond acceptors (Lipinski definition) is 6. The van der Waals surface area contributed by atoms with Crippen LogP contribution >= 0.6 is 0 Å². The summed E-state index contributed by atoms with van der Waals surface area (Å²) in [6, 6.07) is 8.35. The molecule has 1 aliphatic heterocycles. The summed E-state index contributed by atoms with van der Waals surface area (Å²) in [5.41, 5.74) is 0.941. The maximum absolute atomic E-state index is 14.9. The Labute approximate surface area is 203 Å². The number of nitrogens with one attached hydrogen (secondary N) is 1. The minimum Gasteiger partial charge on any atom is -0.442 e. The van der Waals surface area contributed by atoms with Crippen molar-refractivity contribution < 1.29 is 33.2 Å². The lowest BCUT2D eigenvalue weighted by Gasteiger charge is -2.25. The average Bonchev–Trinajstić information content (AvgIpc) is 3.18. The van der Waals surface area contributed by atoms with E-state index in [9.17, 15) is 18.4 Å². The smallest absolute Gasteiger partial charge is 0.442 e. The van der Waals surface area contributed by atoms with Crippen LogP contribution < -0.4 is 20.6 Å². The lowest BCUT2D eigenvalue weighted by atomic mass is 9.79. The average molecular weight is 489 g/mol. The van der Waals surface area contributed by atoms with E-state index in [0.717, 1.165) is 32.0 Å². The number of carbonyl (C=O) groups is 2. The number of ether oxygens (including phenoxy) is 1. The Hall–Kier alpha value is -3.18. The number of nitrogens with zero attached hydrogens (tertiary/aromatic N) is 2. The van der Waals surface area contributed by atoms with Gasteiger partial charge in [0.2, 0.25) is 5.91 Å². The first-order valence-electron chi connectivity index (χ1n) is 11.7. The molecule has 11 heteroatoms. The van der Waals surface area contributed by atoms with Gasteiger partial charge in [-0.15, -0.1) is 0 Å². The highest BCUT2D eigenvalue weighted by Crippen LogP contribution is 2.28. The summed E-state index contributed by atoms with van der Waals surface area (Å²) in [7, 11) is -1.94. The first-order valence-corrected chi connectivity index (χ1v) is 11.7. The minimum absolute atomic E-state index is 0.0400. The third kappa shape index (κ3) is 6.70. The van der Waals surface area contributed by atoms with Crippen molar-refractivity contribution in [3.63, 3.8) is 0 Å². The molecular weight excluding hydrogens is 459 g/mol. The van der Waals surface area contributed by atoms with Crippen LogP contribution in [-0.4, -0.2) is 61.4 Å². The third-order valence-corrected chi connectivity index (χ3v) is 5.68. The highest BCUT2D eigenvalue weighted by Gasteiger charge is 2.33. The molecule has 0 spiro atoms. The van der Waals surface area contributed by atoms with E-state index in [1.54, 1.807) is 12.1 Å². The second-order valence-electron chi connectivity index (χ2n) is 8.45. The maximum Gasteiger partial charge on any atom is 0.491 e. The highest BCUT2D eigenvalue weighted by molar-refractivity contribution is 6.58. The molecule has 8 nitrogen and oxygen atoms in total. The van der Waals surface area contributed by atoms with Gasteiger partial charge in [0.25, 0.3) is 0 Å². The molecule has 1 aliphatic rings. The molecule has 2 amide bonds. The molecule has 1 atom stereocenters. The van der Waals surface area contributed by atoms with E-state index >= 15 is 0 Å². The summed E-state index contributed by atoms with van der Waals surface area (Å²) in [5.74, 6) is -1.66. The molecule has 1 heterocycles. The monoisotopic (exact) mass is 489 g/mol. The van der Waals surface area contributed by atoms with Crippen LogP contribution in [0.25, 0.3) is 0 Å². The molecule has 1 saturated heterocycles. The minimum atomic E-state index is -1.94. The van der Waals surface area contributed by atoms with Crippen LogP contribution in [0, 0.1) is 11.6 Å². The van der Waals surface area contributed by atoms with Crippen LogP contribution in [0.1, 0.15) is 32.3 Å². The Morgan fingerprint density at radius 2 is 1.86 bits per heavy atom. The zero-order valence-electron chi connectivity index (χ0n) is 19.8. The molecule has 3 rings (SSSR count). The van der Waals surface area contributed by atoms with Gasteiger partial charge in [-0.1, -0.05) is 26.0 Å². The van der Waals surface area contributed by atoms with Gasteiger partial charge in [0.15, 0.2) is 0 Å². The van der Waals surface area contributed by atoms with E-state index in [1.165, 1.54) is 23.1 Å². The van der Waals surface area contributed by atoms with Crippen molar-refractivity contribution in [3.05, 3.63) is 53.6 Å². The number of hydrogen-bond donors (Lipinski definition) is 3. The number of benzene rings is 2. The van der Waals surface area contributed by atoms with Crippen molar-refractivity contribution in [2.75, 3.05) is 36.0 Å². The largest absolute Gasteiger partial charge is 0.491 e. The van der Waals surface area contributed by atoms with Gasteiger partial charge in [-0.05, 0) is 42.7 Å². The van der Waals surface area contributed by atoms with E-state index in [-0.39, 0.29) is 25.0 Å². The van der Waals surface area contributed by atoms with E-state index in [0.29, 0.717) is 16.9 Å². The zero-order valence-corrected chi connectivity index (χ0v) is 19.8. The molecule has 2 aromatic carbocycles. The Kier molecular flexibility index (Phi) is 9.05. The van der Waals surface area contributed by atoms with Gasteiger partial charge in [-0.25, -0.2) is 13.6 Å². The highest BCUT2D eigenvalue weighted by atomic mass is 19.1. The van der Waals surface area contributed by atoms with Gasteiger partial charge in [0.1, 0.15) is 17.7 Å². The fraction of sp³-hybridized carbons (Fsp3) is 0.417. The lowest BCUT2D eigenvalue weighted by Crippen LogP contribution is -2.36. The van der Waals surface area contributed by atoms with Crippen LogP contribution in [0.2, 0.25) is 0 Å². The zero-order chi connectivity index (χ0) is 25.5. The van der Waals surface area contributed by atoms with Crippen LogP contribution in [0.3, 0.4) is 0 Å². The Morgan fingerprint density at radius 1 is 1.14 bits per heavy atom. The predicted octanol–water partition coefficient (Wildman–Crippen LogP) is 1.96. The summed E-state index contributed by atoms with van der Waals surface area (Å²) in [5, 5.41) is 20.8. The molecule has 2 aromatic rings. The lowest BCUT2D eigenvalue weighted by molar-refractivity contribution is -0.120. The first kappa shape index (κ1) is 26.4. The molecule has 3 N–H and O–H groups in total. The second-order valence-corrected chi connectivity index (χ2v) is 8.45. The summed E-state index contributed by atoms with van der Waals surface area (Å²) >= 11 is 0. The van der Waals surface area contributed by atoms with E-state index in [4.69, 9.17) is 14.8 Å². The first-order chi connectivity index (χ1) is 16.7. The number of halogens is 2. The maximum atomic E-state index is 14.9. The Balaban J connectivity index is 1.56. The van der Waals surface area contributed by atoms with Crippen LogP contribution in [0.4, 0.5) is 25.0 Å². The van der Waals surface area contributed by atoms with Gasteiger partial charge < -0.3 is 25.0 Å². The fourth-order valence-electron chi connectivity index (χ4n) is 4.02. The van der Waals surface area contributed by atoms with Crippen LogP contribution in [-0.2, 0) is 16.0 Å². The van der Waals surface area contributed by atoms with Gasteiger partial charge in [-0.3, -0.25) is 9.69 Å². The van der Waals surface area contributed by atoms with Gasteiger partial charge in [0, 0.05) is 18.6 Å². The number of cyclic esters (lactones) is 1. The van der Waals surface area contributed by atoms with Crippen molar-refractivity contribution in [1.82, 2.24) is 5.32 Å². The Bertz CT molecular complexity index is 1050. The Morgan fingerprint density at radius 3 is 2.46 bits per heavy atom. The summed E-state index contributed by atoms with van der Waals surface area (Å²) in [4.78, 5) is 27.9. The van der Waals surface area contributed by atoms with Crippen LogP contribution in [0.15, 0.2) is 36.4 Å². The molecule has 0 bridgehead atoms. The van der Waals surface area contributed by atoms with E-state index < -0.39 is 36.9 Å². The van der Waals surface area contributed by atoms with Crippen molar-refractivity contribution in [2.45, 2.75) is 39.2 Å². The molecule has 0 aromatic heterocycles. The van der Waals surface area contributed by atoms with Gasteiger partial charge in [0.05, 0.1) is 30.9 Å². The number of anilines is 2. The predicted molar refractivity (Wildman–Crippen MR) is 130 cm³/mol. The van der Waals surface area contributed by atoms with E-state index in [1.807, 2.05) is 18.7 Å². The van der Waals surface area contributed by atoms with Crippen molar-refractivity contribution in [1.29, 1.82) is 0 Å². The quantitative estimate of drug-likeness (QED) is 0.418. The molecule has 188 valence electrons. The molecule has 35 heavy (non-hydrogen) atoms. The SMILES string of the molecule is CCCN(CCC)c1ccc(N2CC(CNC(=O)Cc3ccc(B(O)O)c(F)c3)OC2=O)cc1F. The molecule has 1 fully saturated rings. The molecule has 0 aliphatic carbocycles. The topological polar surface area (TPSA) is 102 Å². The van der Waals surface area contributed by atoms with Crippen molar-refractivity contribution in [3.8, 4) is 0 Å². The summed E-state index contributed by atoms with van der Waals surface area (Å²) in [6.07, 6.45) is 0.380. The van der Waals surface area contributed by atoms with E-state index in [2.05, 4.69) is 5.32 Å².